The molecular weight excluding hydrogens is 215 g/mol. The molecule has 35 valence electrons. The molecule has 0 aromatic heterocycles. The molecule has 0 amide bonds. The van der Waals surface area contributed by atoms with E-state index in [0.717, 1.165) is 0 Å². The Morgan fingerprint density at radius 2 is 1.33 bits per heavy atom. The zero-order valence-electron chi connectivity index (χ0n) is 3.25. The van der Waals surface area contributed by atoms with Gasteiger partial charge in [0.15, 0.2) is 0 Å². The molecule has 0 unspecified atom stereocenters. The summed E-state index contributed by atoms with van der Waals surface area (Å²) >= 11 is 0. The van der Waals surface area contributed by atoms with Crippen molar-refractivity contribution in [1.29, 1.82) is 0 Å². The minimum atomic E-state index is -1.75. The molecule has 0 heterocycles. The summed E-state index contributed by atoms with van der Waals surface area (Å²) in [6.45, 7) is 0. The fourth-order valence-corrected chi connectivity index (χ4v) is 0. The van der Waals surface area contributed by atoms with Crippen molar-refractivity contribution < 1.29 is 40.7 Å². The van der Waals surface area contributed by atoms with Gasteiger partial charge < -0.3 is 21.5 Å². The molecule has 0 saturated heterocycles. The third-order valence-corrected chi connectivity index (χ3v) is 0. The summed E-state index contributed by atoms with van der Waals surface area (Å²) in [6.07, 6.45) is 0. The summed E-state index contributed by atoms with van der Waals surface area (Å²) < 4.78 is 0. The fourth-order valence-electron chi connectivity index (χ4n) is 0. The molecule has 0 aliphatic heterocycles. The molecule has 6 heavy (non-hydrogen) atoms. The zero-order chi connectivity index (χ0) is 3.58. The summed E-state index contributed by atoms with van der Waals surface area (Å²) in [5.74, 6) is 0. The van der Waals surface area contributed by atoms with Gasteiger partial charge in [-0.05, 0) is 0 Å². The van der Waals surface area contributed by atoms with E-state index in [-0.39, 0.29) is 41.7 Å². The van der Waals surface area contributed by atoms with E-state index in [2.05, 4.69) is 0 Å². The molecule has 0 saturated carbocycles. The van der Waals surface area contributed by atoms with Crippen LogP contribution in [0.1, 0.15) is 0 Å². The third-order valence-electron chi connectivity index (χ3n) is 0. The van der Waals surface area contributed by atoms with Crippen LogP contribution >= 0.6 is 0 Å². The van der Waals surface area contributed by atoms with E-state index in [1.165, 1.54) is 0 Å². The quantitative estimate of drug-likeness (QED) is 0.462. The third kappa shape index (κ3) is 389. The molecule has 0 spiro atoms. The summed E-state index contributed by atoms with van der Waals surface area (Å²) in [5, 5.41) is 14.8. The zero-order valence-corrected chi connectivity index (χ0v) is 6.88. The van der Waals surface area contributed by atoms with E-state index in [1.807, 2.05) is 0 Å². The van der Waals surface area contributed by atoms with Crippen LogP contribution in [-0.2, 0) is 0 Å². The van der Waals surface area contributed by atoms with Crippen LogP contribution in [0.5, 0.6) is 0 Å². The van der Waals surface area contributed by atoms with Gasteiger partial charge in [0.25, 0.3) is 0 Å². The molecule has 0 atom stereocenters. The first-order valence-corrected chi connectivity index (χ1v) is 0.548. The van der Waals surface area contributed by atoms with Gasteiger partial charge in [-0.25, -0.2) is 0 Å². The van der Waals surface area contributed by atoms with Gasteiger partial charge >= 0.3 is 0 Å². The largest absolute Gasteiger partial charge is 0.369 e. The predicted octanol–water partition coefficient (Wildman–Crippen LogP) is 0.137. The van der Waals surface area contributed by atoms with Crippen LogP contribution in [0.3, 0.4) is 0 Å². The molecular formula is H4LaN2O3. The van der Waals surface area contributed by atoms with Crippen molar-refractivity contribution in [3.05, 3.63) is 15.3 Å². The van der Waals surface area contributed by atoms with Crippen LogP contribution in [0.2, 0.25) is 0 Å². The Kier molecular flexibility index (Phi) is 24.3. The number of hydrogen-bond donors (Lipinski definition) is 1. The molecule has 4 N–H and O–H groups in total. The van der Waals surface area contributed by atoms with Crippen LogP contribution < -0.4 is 6.15 Å². The summed E-state index contributed by atoms with van der Waals surface area (Å²) in [6, 6.07) is 0. The maximum Gasteiger partial charge on any atom is 0.0689 e. The Labute approximate surface area is 62.0 Å². The standard InChI is InChI=1S/La.NO3.H3N/c;2-1(3)4;/h;;1H3/q;-1;/p+1. The Bertz CT molecular complexity index is 31.8. The smallest absolute Gasteiger partial charge is 0.0689 e. The Hall–Kier alpha value is 0.355. The van der Waals surface area contributed by atoms with Gasteiger partial charge in [-0.2, -0.15) is 0 Å². The molecule has 5 nitrogen and oxygen atoms in total. The first-order valence-electron chi connectivity index (χ1n) is 0.548. The van der Waals surface area contributed by atoms with E-state index < -0.39 is 5.09 Å². The Balaban J connectivity index is -0.0000000450. The minimum absolute atomic E-state index is 0. The van der Waals surface area contributed by atoms with Gasteiger partial charge in [-0.3, -0.25) is 0 Å². The average molecular weight is 219 g/mol. The van der Waals surface area contributed by atoms with Crippen LogP contribution in [0.25, 0.3) is 0 Å². The van der Waals surface area contributed by atoms with Crippen LogP contribution in [0, 0.1) is 50.9 Å². The molecule has 0 aliphatic rings. The van der Waals surface area contributed by atoms with E-state index in [1.54, 1.807) is 0 Å². The van der Waals surface area contributed by atoms with Gasteiger partial charge in [-0.1, -0.05) is 0 Å². The van der Waals surface area contributed by atoms with Crippen molar-refractivity contribution in [2.45, 2.75) is 0 Å². The number of hydrogen-bond acceptors (Lipinski definition) is 3. The second-order valence-corrected chi connectivity index (χ2v) is 0.224. The number of quaternary nitrogens is 1. The maximum atomic E-state index is 8.25. The van der Waals surface area contributed by atoms with E-state index >= 15 is 0 Å². The molecule has 1 radical (unpaired) electrons. The summed E-state index contributed by atoms with van der Waals surface area (Å²) in [7, 11) is 0. The van der Waals surface area contributed by atoms with Crippen LogP contribution in [0.15, 0.2) is 0 Å². The van der Waals surface area contributed by atoms with Crippen molar-refractivity contribution in [2.24, 2.45) is 0 Å². The molecule has 0 fully saturated rings. The average Bonchev–Trinajstić information content (AvgIpc) is 0.811. The van der Waals surface area contributed by atoms with E-state index in [9.17, 15) is 0 Å². The number of nitrogens with zero attached hydrogens (tertiary/aromatic N) is 1. The molecule has 0 rings (SSSR count). The van der Waals surface area contributed by atoms with Crippen molar-refractivity contribution in [1.82, 2.24) is 6.15 Å². The second kappa shape index (κ2) is 9.02. The molecule has 0 bridgehead atoms. The Morgan fingerprint density at radius 1 is 1.33 bits per heavy atom. The minimum Gasteiger partial charge on any atom is -0.369 e. The van der Waals surface area contributed by atoms with Gasteiger partial charge in [0.1, 0.15) is 0 Å². The van der Waals surface area contributed by atoms with Crippen molar-refractivity contribution in [3.63, 3.8) is 0 Å². The first kappa shape index (κ1) is 16.2. The fraction of sp³-hybridized carbons (Fsp3) is 0. The predicted molar refractivity (Wildman–Crippen MR) is 16.3 cm³/mol. The molecule has 6 heteroatoms. The van der Waals surface area contributed by atoms with Gasteiger partial charge in [0.05, 0.1) is 5.09 Å². The molecule has 0 aliphatic carbocycles. The normalized spacial score (nSPS) is 4.00. The maximum absolute atomic E-state index is 8.25. The van der Waals surface area contributed by atoms with Gasteiger partial charge in [0.2, 0.25) is 0 Å². The van der Waals surface area contributed by atoms with Gasteiger partial charge in [-0.15, -0.1) is 0 Å². The molecule has 0 aromatic carbocycles. The topological polar surface area (TPSA) is 103 Å². The van der Waals surface area contributed by atoms with E-state index in [0.29, 0.717) is 0 Å². The number of rotatable bonds is 0. The van der Waals surface area contributed by atoms with Crippen molar-refractivity contribution >= 4 is 0 Å². The van der Waals surface area contributed by atoms with Gasteiger partial charge in [0, 0.05) is 35.6 Å². The van der Waals surface area contributed by atoms with Crippen LogP contribution in [-0.4, -0.2) is 5.09 Å². The monoisotopic (exact) mass is 219 g/mol. The van der Waals surface area contributed by atoms with Crippen LogP contribution in [0.4, 0.5) is 0 Å². The first-order chi connectivity index (χ1) is 1.73. The van der Waals surface area contributed by atoms with Crippen molar-refractivity contribution in [3.8, 4) is 0 Å². The molecule has 0 aromatic rings. The van der Waals surface area contributed by atoms with Crippen molar-refractivity contribution in [2.75, 3.05) is 0 Å². The SMILES string of the molecule is O=[N+]([O-])[O-].[La].[NH4+]. The Morgan fingerprint density at radius 3 is 1.33 bits per heavy atom. The second-order valence-electron chi connectivity index (χ2n) is 0.224. The summed E-state index contributed by atoms with van der Waals surface area (Å²) in [4.78, 5) is 8.25. The van der Waals surface area contributed by atoms with E-state index in [4.69, 9.17) is 15.3 Å². The summed E-state index contributed by atoms with van der Waals surface area (Å²) in [5.41, 5.74) is 0.